The number of hydrogen-bond acceptors (Lipinski definition) is 4. The number of nitrogens with one attached hydrogen (secondary N) is 1. The average molecular weight is 290 g/mol. The Labute approximate surface area is 129 Å². The molecule has 1 fully saturated rings. The van der Waals surface area contributed by atoms with Crippen LogP contribution in [-0.2, 0) is 6.54 Å². The van der Waals surface area contributed by atoms with Gasteiger partial charge in [-0.3, -0.25) is 0 Å². The smallest absolute Gasteiger partial charge is 0.225 e. The van der Waals surface area contributed by atoms with E-state index in [0.717, 1.165) is 37.1 Å². The van der Waals surface area contributed by atoms with Crippen molar-refractivity contribution in [3.8, 4) is 0 Å². The maximum atomic E-state index is 4.54. The molecule has 0 aromatic carbocycles. The van der Waals surface area contributed by atoms with Crippen LogP contribution in [0.15, 0.2) is 12.4 Å². The van der Waals surface area contributed by atoms with E-state index in [0.29, 0.717) is 11.5 Å². The molecule has 0 unspecified atom stereocenters. The third-order valence-corrected chi connectivity index (χ3v) is 4.41. The molecule has 4 nitrogen and oxygen atoms in total. The lowest BCUT2D eigenvalue weighted by Crippen LogP contribution is -2.38. The lowest BCUT2D eigenvalue weighted by molar-refractivity contribution is 0.198. The summed E-state index contributed by atoms with van der Waals surface area (Å²) < 4.78 is 0. The molecule has 2 rings (SSSR count). The summed E-state index contributed by atoms with van der Waals surface area (Å²) in [4.78, 5) is 11.4. The van der Waals surface area contributed by atoms with Gasteiger partial charge in [0.2, 0.25) is 5.95 Å². The number of piperidine rings is 1. The van der Waals surface area contributed by atoms with Crippen molar-refractivity contribution >= 4 is 5.95 Å². The molecule has 0 spiro atoms. The van der Waals surface area contributed by atoms with E-state index in [4.69, 9.17) is 0 Å². The lowest BCUT2D eigenvalue weighted by atomic mass is 9.75. The first-order valence-corrected chi connectivity index (χ1v) is 8.15. The molecule has 0 radical (unpaired) electrons. The lowest BCUT2D eigenvalue weighted by Gasteiger charge is -2.38. The highest BCUT2D eigenvalue weighted by atomic mass is 15.2. The zero-order chi connectivity index (χ0) is 15.5. The monoisotopic (exact) mass is 290 g/mol. The van der Waals surface area contributed by atoms with Crippen molar-refractivity contribution in [2.75, 3.05) is 18.0 Å². The Morgan fingerprint density at radius 2 is 1.76 bits per heavy atom. The average Bonchev–Trinajstić information content (AvgIpc) is 2.45. The Morgan fingerprint density at radius 3 is 2.24 bits per heavy atom. The van der Waals surface area contributed by atoms with Crippen LogP contribution < -0.4 is 10.2 Å². The van der Waals surface area contributed by atoms with Crippen molar-refractivity contribution in [2.45, 2.75) is 60.0 Å². The molecule has 1 aromatic heterocycles. The predicted octanol–water partition coefficient (Wildman–Crippen LogP) is 3.24. The normalized spacial score (nSPS) is 17.5. The van der Waals surface area contributed by atoms with Crippen LogP contribution in [0.5, 0.6) is 0 Å². The molecule has 21 heavy (non-hydrogen) atoms. The van der Waals surface area contributed by atoms with Crippen molar-refractivity contribution in [3.05, 3.63) is 18.0 Å². The fraction of sp³-hybridized carbons (Fsp3) is 0.765. The highest BCUT2D eigenvalue weighted by Crippen LogP contribution is 2.34. The zero-order valence-electron chi connectivity index (χ0n) is 14.2. The second-order valence-electron chi connectivity index (χ2n) is 7.55. The first kappa shape index (κ1) is 16.2. The van der Waals surface area contributed by atoms with Gasteiger partial charge in [0.05, 0.1) is 0 Å². The summed E-state index contributed by atoms with van der Waals surface area (Å²) in [6.45, 7) is 14.3. The minimum atomic E-state index is 0.416. The molecule has 0 amide bonds. The van der Waals surface area contributed by atoms with Crippen LogP contribution in [0.1, 0.15) is 53.0 Å². The van der Waals surface area contributed by atoms with Gasteiger partial charge in [0.25, 0.3) is 0 Å². The van der Waals surface area contributed by atoms with Crippen molar-refractivity contribution in [3.63, 3.8) is 0 Å². The van der Waals surface area contributed by atoms with Crippen molar-refractivity contribution < 1.29 is 0 Å². The third-order valence-electron chi connectivity index (χ3n) is 4.41. The molecule has 1 aliphatic rings. The molecule has 2 heterocycles. The Morgan fingerprint density at radius 1 is 1.19 bits per heavy atom. The minimum absolute atomic E-state index is 0.416. The Kier molecular flexibility index (Phi) is 5.20. The fourth-order valence-electron chi connectivity index (χ4n) is 2.87. The van der Waals surface area contributed by atoms with Crippen LogP contribution in [0.25, 0.3) is 0 Å². The van der Waals surface area contributed by atoms with Gasteiger partial charge in [0.1, 0.15) is 0 Å². The van der Waals surface area contributed by atoms with Gasteiger partial charge in [-0.2, -0.15) is 0 Å². The first-order chi connectivity index (χ1) is 9.86. The largest absolute Gasteiger partial charge is 0.341 e. The number of hydrogen-bond donors (Lipinski definition) is 1. The Hall–Kier alpha value is -1.16. The summed E-state index contributed by atoms with van der Waals surface area (Å²) in [5.74, 6) is 1.69. The van der Waals surface area contributed by atoms with Crippen molar-refractivity contribution in [1.29, 1.82) is 0 Å². The van der Waals surface area contributed by atoms with Gasteiger partial charge < -0.3 is 10.2 Å². The highest BCUT2D eigenvalue weighted by Gasteiger charge is 2.29. The van der Waals surface area contributed by atoms with Gasteiger partial charge >= 0.3 is 0 Å². The number of anilines is 1. The van der Waals surface area contributed by atoms with E-state index in [-0.39, 0.29) is 0 Å². The number of nitrogens with zero attached hydrogens (tertiary/aromatic N) is 3. The number of rotatable bonds is 4. The molecule has 0 atom stereocenters. The maximum Gasteiger partial charge on any atom is 0.225 e. The predicted molar refractivity (Wildman–Crippen MR) is 88.4 cm³/mol. The number of aromatic nitrogens is 2. The second kappa shape index (κ2) is 6.73. The van der Waals surface area contributed by atoms with E-state index in [1.165, 1.54) is 12.8 Å². The molecule has 1 N–H and O–H groups in total. The van der Waals surface area contributed by atoms with E-state index < -0.39 is 0 Å². The summed E-state index contributed by atoms with van der Waals surface area (Å²) in [6.07, 6.45) is 6.38. The van der Waals surface area contributed by atoms with E-state index >= 15 is 0 Å². The third kappa shape index (κ3) is 4.67. The molecule has 0 bridgehead atoms. The van der Waals surface area contributed by atoms with Crippen LogP contribution in [0.3, 0.4) is 0 Å². The fourth-order valence-corrected chi connectivity index (χ4v) is 2.87. The van der Waals surface area contributed by atoms with E-state index in [1.807, 2.05) is 12.4 Å². The van der Waals surface area contributed by atoms with Crippen LogP contribution in [-0.4, -0.2) is 29.1 Å². The zero-order valence-corrected chi connectivity index (χ0v) is 14.2. The van der Waals surface area contributed by atoms with Crippen molar-refractivity contribution in [2.24, 2.45) is 11.3 Å². The van der Waals surface area contributed by atoms with E-state index in [2.05, 4.69) is 54.8 Å². The van der Waals surface area contributed by atoms with Gasteiger partial charge in [-0.15, -0.1) is 0 Å². The Balaban J connectivity index is 1.89. The maximum absolute atomic E-state index is 4.54. The molecular weight excluding hydrogens is 260 g/mol. The van der Waals surface area contributed by atoms with E-state index in [1.54, 1.807) is 0 Å². The topological polar surface area (TPSA) is 41.1 Å². The van der Waals surface area contributed by atoms with Crippen LogP contribution in [0, 0.1) is 11.3 Å². The first-order valence-electron chi connectivity index (χ1n) is 8.15. The molecule has 1 aromatic rings. The summed E-state index contributed by atoms with van der Waals surface area (Å²) in [5, 5.41) is 3.39. The van der Waals surface area contributed by atoms with Gasteiger partial charge in [-0.05, 0) is 24.2 Å². The van der Waals surface area contributed by atoms with Gasteiger partial charge in [0.15, 0.2) is 0 Å². The van der Waals surface area contributed by atoms with Crippen molar-refractivity contribution in [1.82, 2.24) is 15.3 Å². The second-order valence-corrected chi connectivity index (χ2v) is 7.55. The van der Waals surface area contributed by atoms with Gasteiger partial charge in [-0.1, -0.05) is 34.6 Å². The Bertz CT molecular complexity index is 425. The summed E-state index contributed by atoms with van der Waals surface area (Å²) in [7, 11) is 0. The SMILES string of the molecule is CC(C)NCc1cnc(N2CCC(C(C)(C)C)CC2)nc1. The van der Waals surface area contributed by atoms with Crippen LogP contribution >= 0.6 is 0 Å². The minimum Gasteiger partial charge on any atom is -0.341 e. The molecule has 1 aliphatic heterocycles. The van der Waals surface area contributed by atoms with Crippen LogP contribution in [0.4, 0.5) is 5.95 Å². The molecule has 0 aliphatic carbocycles. The molecule has 0 saturated carbocycles. The molecular formula is C17H30N4. The summed E-state index contributed by atoms with van der Waals surface area (Å²) >= 11 is 0. The molecule has 1 saturated heterocycles. The summed E-state index contributed by atoms with van der Waals surface area (Å²) in [6, 6.07) is 0.487. The van der Waals surface area contributed by atoms with Gasteiger partial charge in [-0.25, -0.2) is 9.97 Å². The highest BCUT2D eigenvalue weighted by molar-refractivity contribution is 5.30. The van der Waals surface area contributed by atoms with Crippen LogP contribution in [0.2, 0.25) is 0 Å². The standard InChI is InChI=1S/C17H30N4/c1-13(2)18-10-14-11-19-16(20-12-14)21-8-6-15(7-9-21)17(3,4)5/h11-13,15,18H,6-10H2,1-5H3. The molecule has 118 valence electrons. The quantitative estimate of drug-likeness (QED) is 0.924. The van der Waals surface area contributed by atoms with Gasteiger partial charge in [0, 0.05) is 43.6 Å². The summed E-state index contributed by atoms with van der Waals surface area (Å²) in [5.41, 5.74) is 1.57. The molecule has 4 heteroatoms. The van der Waals surface area contributed by atoms with E-state index in [9.17, 15) is 0 Å².